The molecule has 0 saturated heterocycles. The maximum absolute atomic E-state index is 6.28. The molecule has 0 fully saturated rings. The first-order valence-electron chi connectivity index (χ1n) is 6.52. The van der Waals surface area contributed by atoms with Gasteiger partial charge in [-0.05, 0) is 30.7 Å². The number of benzene rings is 1. The number of imidazole rings is 1. The van der Waals surface area contributed by atoms with Crippen LogP contribution in [0.5, 0.6) is 0 Å². The maximum atomic E-state index is 6.28. The number of fused-ring (bicyclic) bond motifs is 1. The SMILES string of the molecule is CCC(N)C(c1ccco1)n1cnc2ccccc21. The molecule has 0 amide bonds. The molecule has 3 rings (SSSR count). The van der Waals surface area contributed by atoms with Crippen LogP contribution in [0.3, 0.4) is 0 Å². The van der Waals surface area contributed by atoms with Gasteiger partial charge < -0.3 is 14.7 Å². The molecule has 2 unspecified atom stereocenters. The Labute approximate surface area is 111 Å². The topological polar surface area (TPSA) is 57.0 Å². The fraction of sp³-hybridized carbons (Fsp3) is 0.267. The van der Waals surface area contributed by atoms with E-state index in [1.165, 1.54) is 0 Å². The summed E-state index contributed by atoms with van der Waals surface area (Å²) in [5.41, 5.74) is 8.33. The molecule has 0 spiro atoms. The Morgan fingerprint density at radius 1 is 1.26 bits per heavy atom. The number of nitrogens with zero attached hydrogens (tertiary/aromatic N) is 2. The number of hydrogen-bond donors (Lipinski definition) is 1. The zero-order chi connectivity index (χ0) is 13.2. The number of rotatable bonds is 4. The highest BCUT2D eigenvalue weighted by atomic mass is 16.3. The Morgan fingerprint density at radius 2 is 2.11 bits per heavy atom. The van der Waals surface area contributed by atoms with Crippen LogP contribution in [0.2, 0.25) is 0 Å². The lowest BCUT2D eigenvalue weighted by atomic mass is 10.0. The molecule has 0 aliphatic rings. The van der Waals surface area contributed by atoms with Crippen molar-refractivity contribution in [2.75, 3.05) is 0 Å². The second kappa shape index (κ2) is 4.90. The molecule has 4 nitrogen and oxygen atoms in total. The average Bonchev–Trinajstić information content (AvgIpc) is 3.09. The Morgan fingerprint density at radius 3 is 2.84 bits per heavy atom. The van der Waals surface area contributed by atoms with Crippen molar-refractivity contribution in [2.24, 2.45) is 5.73 Å². The van der Waals surface area contributed by atoms with Gasteiger partial charge in [-0.1, -0.05) is 19.1 Å². The van der Waals surface area contributed by atoms with Gasteiger partial charge in [0, 0.05) is 6.04 Å². The minimum atomic E-state index is -0.0209. The normalized spacial score (nSPS) is 14.6. The van der Waals surface area contributed by atoms with Crippen molar-refractivity contribution in [1.29, 1.82) is 0 Å². The molecule has 4 heteroatoms. The number of aromatic nitrogens is 2. The van der Waals surface area contributed by atoms with Crippen molar-refractivity contribution in [3.8, 4) is 0 Å². The van der Waals surface area contributed by atoms with E-state index in [4.69, 9.17) is 10.2 Å². The Balaban J connectivity index is 2.14. The highest BCUT2D eigenvalue weighted by Gasteiger charge is 2.24. The van der Waals surface area contributed by atoms with Crippen molar-refractivity contribution in [3.63, 3.8) is 0 Å². The molecule has 3 aromatic rings. The first kappa shape index (κ1) is 12.0. The summed E-state index contributed by atoms with van der Waals surface area (Å²) in [6, 6.07) is 11.9. The van der Waals surface area contributed by atoms with E-state index in [1.807, 2.05) is 36.7 Å². The van der Waals surface area contributed by atoms with Crippen LogP contribution in [-0.4, -0.2) is 15.6 Å². The summed E-state index contributed by atoms with van der Waals surface area (Å²) in [5.74, 6) is 0.873. The van der Waals surface area contributed by atoms with Gasteiger partial charge in [-0.15, -0.1) is 0 Å². The average molecular weight is 255 g/mol. The summed E-state index contributed by atoms with van der Waals surface area (Å²) >= 11 is 0. The standard InChI is InChI=1S/C15H17N3O/c1-2-11(16)15(14-8-5-9-19-14)18-10-17-12-6-3-4-7-13(12)18/h3-11,15H,2,16H2,1H3. The molecule has 2 N–H and O–H groups in total. The van der Waals surface area contributed by atoms with Crippen LogP contribution in [0.4, 0.5) is 0 Å². The van der Waals surface area contributed by atoms with E-state index in [1.54, 1.807) is 6.26 Å². The summed E-state index contributed by atoms with van der Waals surface area (Å²) in [7, 11) is 0. The fourth-order valence-corrected chi connectivity index (χ4v) is 2.44. The molecule has 0 bridgehead atoms. The minimum Gasteiger partial charge on any atom is -0.467 e. The number of para-hydroxylation sites is 2. The van der Waals surface area contributed by atoms with Gasteiger partial charge in [-0.2, -0.15) is 0 Å². The van der Waals surface area contributed by atoms with Gasteiger partial charge in [0.25, 0.3) is 0 Å². The van der Waals surface area contributed by atoms with Gasteiger partial charge in [-0.25, -0.2) is 4.98 Å². The van der Waals surface area contributed by atoms with Crippen LogP contribution in [0.25, 0.3) is 11.0 Å². The van der Waals surface area contributed by atoms with Crippen molar-refractivity contribution in [1.82, 2.24) is 9.55 Å². The molecule has 0 radical (unpaired) electrons. The molecule has 1 aromatic carbocycles. The Kier molecular flexibility index (Phi) is 3.09. The fourth-order valence-electron chi connectivity index (χ4n) is 2.44. The third-order valence-corrected chi connectivity index (χ3v) is 3.49. The van der Waals surface area contributed by atoms with Crippen LogP contribution < -0.4 is 5.73 Å². The lowest BCUT2D eigenvalue weighted by Crippen LogP contribution is -2.32. The van der Waals surface area contributed by atoms with Crippen LogP contribution in [0.15, 0.2) is 53.4 Å². The smallest absolute Gasteiger partial charge is 0.128 e. The van der Waals surface area contributed by atoms with E-state index in [0.717, 1.165) is 23.2 Å². The third kappa shape index (κ3) is 2.04. The second-order valence-corrected chi connectivity index (χ2v) is 4.67. The molecule has 2 atom stereocenters. The number of nitrogens with two attached hydrogens (primary N) is 1. The van der Waals surface area contributed by atoms with E-state index in [-0.39, 0.29) is 12.1 Å². The van der Waals surface area contributed by atoms with Crippen LogP contribution in [0, 0.1) is 0 Å². The molecular formula is C15H17N3O. The summed E-state index contributed by atoms with van der Waals surface area (Å²) in [6.07, 6.45) is 4.40. The van der Waals surface area contributed by atoms with Gasteiger partial charge >= 0.3 is 0 Å². The Bertz CT molecular complexity index is 657. The van der Waals surface area contributed by atoms with Crippen molar-refractivity contribution in [2.45, 2.75) is 25.4 Å². The molecule has 2 heterocycles. The molecule has 0 aliphatic heterocycles. The van der Waals surface area contributed by atoms with Gasteiger partial charge in [0.1, 0.15) is 11.8 Å². The minimum absolute atomic E-state index is 0.0104. The van der Waals surface area contributed by atoms with E-state index >= 15 is 0 Å². The zero-order valence-corrected chi connectivity index (χ0v) is 10.9. The van der Waals surface area contributed by atoms with Gasteiger partial charge in [0.2, 0.25) is 0 Å². The van der Waals surface area contributed by atoms with E-state index in [0.29, 0.717) is 0 Å². The summed E-state index contributed by atoms with van der Waals surface area (Å²) in [4.78, 5) is 4.43. The first-order valence-corrected chi connectivity index (χ1v) is 6.52. The Hall–Kier alpha value is -2.07. The largest absolute Gasteiger partial charge is 0.467 e. The molecule has 2 aromatic heterocycles. The van der Waals surface area contributed by atoms with Crippen LogP contribution in [-0.2, 0) is 0 Å². The molecular weight excluding hydrogens is 238 g/mol. The van der Waals surface area contributed by atoms with E-state index in [9.17, 15) is 0 Å². The molecule has 98 valence electrons. The van der Waals surface area contributed by atoms with Crippen molar-refractivity contribution in [3.05, 3.63) is 54.7 Å². The van der Waals surface area contributed by atoms with Gasteiger partial charge in [0.15, 0.2) is 0 Å². The third-order valence-electron chi connectivity index (χ3n) is 3.49. The summed E-state index contributed by atoms with van der Waals surface area (Å²) in [5, 5.41) is 0. The van der Waals surface area contributed by atoms with Crippen molar-refractivity contribution >= 4 is 11.0 Å². The highest BCUT2D eigenvalue weighted by Crippen LogP contribution is 2.27. The lowest BCUT2D eigenvalue weighted by Gasteiger charge is -2.23. The lowest BCUT2D eigenvalue weighted by molar-refractivity contribution is 0.378. The van der Waals surface area contributed by atoms with E-state index in [2.05, 4.69) is 22.5 Å². The van der Waals surface area contributed by atoms with Crippen molar-refractivity contribution < 1.29 is 4.42 Å². The molecule has 0 saturated carbocycles. The predicted molar refractivity (Wildman–Crippen MR) is 74.8 cm³/mol. The summed E-state index contributed by atoms with van der Waals surface area (Å²) in [6.45, 7) is 2.08. The molecule has 19 heavy (non-hydrogen) atoms. The van der Waals surface area contributed by atoms with E-state index < -0.39 is 0 Å². The first-order chi connectivity index (χ1) is 9.31. The molecule has 0 aliphatic carbocycles. The van der Waals surface area contributed by atoms with Crippen LogP contribution in [0.1, 0.15) is 25.1 Å². The quantitative estimate of drug-likeness (QED) is 0.779. The van der Waals surface area contributed by atoms with Gasteiger partial charge in [-0.3, -0.25) is 0 Å². The monoisotopic (exact) mass is 255 g/mol. The highest BCUT2D eigenvalue weighted by molar-refractivity contribution is 5.75. The summed E-state index contributed by atoms with van der Waals surface area (Å²) < 4.78 is 7.66. The van der Waals surface area contributed by atoms with Gasteiger partial charge in [0.05, 0.1) is 23.6 Å². The second-order valence-electron chi connectivity index (χ2n) is 4.67. The van der Waals surface area contributed by atoms with Crippen LogP contribution >= 0.6 is 0 Å². The number of furan rings is 1. The zero-order valence-electron chi connectivity index (χ0n) is 10.9. The maximum Gasteiger partial charge on any atom is 0.128 e. The number of hydrogen-bond acceptors (Lipinski definition) is 3. The predicted octanol–water partition coefficient (Wildman–Crippen LogP) is 2.96.